The minimum Gasteiger partial charge on any atom is -0.497 e. The van der Waals surface area contributed by atoms with Crippen molar-refractivity contribution >= 4 is 27.5 Å². The third kappa shape index (κ3) is 9.45. The second kappa shape index (κ2) is 16.8. The highest BCUT2D eigenvalue weighted by Crippen LogP contribution is 2.27. The molecule has 9 heteroatoms. The van der Waals surface area contributed by atoms with Crippen molar-refractivity contribution in [2.24, 2.45) is 0 Å². The second-order valence-corrected chi connectivity index (χ2v) is 13.7. The summed E-state index contributed by atoms with van der Waals surface area (Å²) in [5.74, 6) is 0.0535. The number of rotatable bonds is 16. The van der Waals surface area contributed by atoms with E-state index in [-0.39, 0.29) is 29.7 Å². The number of hydrogen-bond acceptors (Lipinski definition) is 5. The number of sulfonamides is 1. The maximum atomic E-state index is 14.6. The van der Waals surface area contributed by atoms with Crippen molar-refractivity contribution < 1.29 is 22.7 Å². The third-order valence-corrected chi connectivity index (χ3v) is 9.83. The number of carbonyl (C=O) groups excluding carboxylic acids is 2. The molecule has 0 aromatic heterocycles. The number of benzene rings is 4. The van der Waals surface area contributed by atoms with E-state index in [1.807, 2.05) is 73.7 Å². The van der Waals surface area contributed by atoms with E-state index in [2.05, 4.69) is 19.2 Å². The lowest BCUT2D eigenvalue weighted by Crippen LogP contribution is -2.53. The lowest BCUT2D eigenvalue weighted by Gasteiger charge is -2.34. The fraction of sp³-hybridized carbons (Fsp3) is 0.316. The number of nitrogens with one attached hydrogen (secondary N) is 1. The van der Waals surface area contributed by atoms with Gasteiger partial charge in [-0.05, 0) is 65.4 Å². The molecule has 8 nitrogen and oxygen atoms in total. The van der Waals surface area contributed by atoms with Crippen LogP contribution in [0, 0.1) is 0 Å². The quantitative estimate of drug-likeness (QED) is 0.138. The predicted octanol–water partition coefficient (Wildman–Crippen LogP) is 6.57. The normalized spacial score (nSPS) is 11.9. The fourth-order valence-corrected chi connectivity index (χ4v) is 6.74. The van der Waals surface area contributed by atoms with Gasteiger partial charge in [0.05, 0.1) is 17.7 Å². The summed E-state index contributed by atoms with van der Waals surface area (Å²) < 4.78 is 34.9. The highest BCUT2D eigenvalue weighted by Gasteiger charge is 2.34. The Morgan fingerprint density at radius 2 is 1.47 bits per heavy atom. The first-order chi connectivity index (χ1) is 22.6. The zero-order chi connectivity index (χ0) is 33.8. The largest absolute Gasteiger partial charge is 0.497 e. The van der Waals surface area contributed by atoms with Gasteiger partial charge in [-0.15, -0.1) is 0 Å². The van der Waals surface area contributed by atoms with E-state index < -0.39 is 28.5 Å². The van der Waals surface area contributed by atoms with Gasteiger partial charge in [0.15, 0.2) is 0 Å². The molecule has 1 N–H and O–H groups in total. The van der Waals surface area contributed by atoms with Crippen molar-refractivity contribution in [2.45, 2.75) is 63.4 Å². The van der Waals surface area contributed by atoms with Gasteiger partial charge in [-0.3, -0.25) is 13.9 Å². The summed E-state index contributed by atoms with van der Waals surface area (Å²) in [6.07, 6.45) is 1.95. The smallest absolute Gasteiger partial charge is 0.264 e. The second-order valence-electron chi connectivity index (χ2n) is 11.8. The summed E-state index contributed by atoms with van der Waals surface area (Å²) in [6, 6.07) is 31.2. The summed E-state index contributed by atoms with van der Waals surface area (Å²) in [5, 5.41) is 3.02. The lowest BCUT2D eigenvalue weighted by atomic mass is 10.0. The van der Waals surface area contributed by atoms with Crippen LogP contribution in [0.2, 0.25) is 0 Å². The van der Waals surface area contributed by atoms with Gasteiger partial charge in [-0.2, -0.15) is 0 Å². The van der Waals surface area contributed by atoms with Gasteiger partial charge in [-0.25, -0.2) is 8.42 Å². The SMILES string of the molecule is CCCCNC(=O)[C@@H](Cc1ccccc1)N(Cc1cccc(OC)c1)C(=O)CN(c1ccc(C(C)C)cc1)S(=O)(=O)c1ccccc1. The molecule has 0 radical (unpaired) electrons. The van der Waals surface area contributed by atoms with Crippen LogP contribution in [0.1, 0.15) is 56.2 Å². The Kier molecular flexibility index (Phi) is 12.6. The molecule has 4 rings (SSSR count). The summed E-state index contributed by atoms with van der Waals surface area (Å²) in [7, 11) is -2.59. The number of methoxy groups -OCH3 is 1. The van der Waals surface area contributed by atoms with Gasteiger partial charge in [0.1, 0.15) is 18.3 Å². The van der Waals surface area contributed by atoms with Crippen LogP contribution in [0.3, 0.4) is 0 Å². The van der Waals surface area contributed by atoms with Crippen LogP contribution in [0.5, 0.6) is 5.75 Å². The Morgan fingerprint density at radius 3 is 2.09 bits per heavy atom. The average Bonchev–Trinajstić information content (AvgIpc) is 3.09. The monoisotopic (exact) mass is 655 g/mol. The van der Waals surface area contributed by atoms with Crippen molar-refractivity contribution in [1.29, 1.82) is 0 Å². The van der Waals surface area contributed by atoms with Gasteiger partial charge in [0.25, 0.3) is 10.0 Å². The average molecular weight is 656 g/mol. The van der Waals surface area contributed by atoms with E-state index in [4.69, 9.17) is 4.74 Å². The standard InChI is InChI=1S/C38H45N3O5S/c1-5-6-24-39-38(43)36(26-30-14-9-7-10-15-30)40(27-31-16-13-17-34(25-31)46-4)37(42)28-41(33-22-20-32(21-23-33)29(2)3)47(44,45)35-18-11-8-12-19-35/h7-23,25,29,36H,5-6,24,26-28H2,1-4H3,(H,39,43)/t36-/m1/s1. The Hall–Kier alpha value is -4.63. The summed E-state index contributed by atoms with van der Waals surface area (Å²) in [5.41, 5.74) is 3.03. The van der Waals surface area contributed by atoms with Crippen LogP contribution in [0.25, 0.3) is 0 Å². The highest BCUT2D eigenvalue weighted by atomic mass is 32.2. The Labute approximate surface area is 279 Å². The molecule has 0 heterocycles. The number of carbonyl (C=O) groups is 2. The predicted molar refractivity (Wildman–Crippen MR) is 187 cm³/mol. The van der Waals surface area contributed by atoms with E-state index >= 15 is 0 Å². The molecule has 0 saturated heterocycles. The lowest BCUT2D eigenvalue weighted by molar-refractivity contribution is -0.140. The molecular formula is C38H45N3O5S. The molecule has 4 aromatic rings. The Morgan fingerprint density at radius 1 is 0.830 bits per heavy atom. The van der Waals surface area contributed by atoms with Crippen LogP contribution in [0.4, 0.5) is 5.69 Å². The van der Waals surface area contributed by atoms with Gasteiger partial charge in [0, 0.05) is 19.5 Å². The Bertz CT molecular complexity index is 1690. The molecule has 2 amide bonds. The third-order valence-electron chi connectivity index (χ3n) is 8.05. The van der Waals surface area contributed by atoms with Crippen molar-refractivity contribution in [2.75, 3.05) is 24.5 Å². The Balaban J connectivity index is 1.80. The summed E-state index contributed by atoms with van der Waals surface area (Å²) >= 11 is 0. The van der Waals surface area contributed by atoms with Crippen LogP contribution in [-0.2, 0) is 32.6 Å². The summed E-state index contributed by atoms with van der Waals surface area (Å²) in [6.45, 7) is 6.20. The number of amides is 2. The number of unbranched alkanes of at least 4 members (excludes halogenated alkanes) is 1. The van der Waals surface area contributed by atoms with Crippen LogP contribution < -0.4 is 14.4 Å². The first kappa shape index (κ1) is 35.2. The van der Waals surface area contributed by atoms with Gasteiger partial charge < -0.3 is 15.0 Å². The number of ether oxygens (including phenoxy) is 1. The zero-order valence-corrected chi connectivity index (χ0v) is 28.5. The molecule has 0 fully saturated rings. The fourth-order valence-electron chi connectivity index (χ4n) is 5.30. The van der Waals surface area contributed by atoms with Gasteiger partial charge >= 0.3 is 0 Å². The minimum atomic E-state index is -4.16. The topological polar surface area (TPSA) is 96.0 Å². The van der Waals surface area contributed by atoms with Crippen molar-refractivity contribution in [3.05, 3.63) is 126 Å². The molecular weight excluding hydrogens is 611 g/mol. The maximum absolute atomic E-state index is 14.6. The van der Waals surface area contributed by atoms with E-state index in [0.29, 0.717) is 18.0 Å². The summed E-state index contributed by atoms with van der Waals surface area (Å²) in [4.78, 5) is 30.1. The first-order valence-corrected chi connectivity index (χ1v) is 17.5. The molecule has 248 valence electrons. The minimum absolute atomic E-state index is 0.0678. The first-order valence-electron chi connectivity index (χ1n) is 16.1. The van der Waals surface area contributed by atoms with Crippen molar-refractivity contribution in [3.63, 3.8) is 0 Å². The molecule has 47 heavy (non-hydrogen) atoms. The number of anilines is 1. The highest BCUT2D eigenvalue weighted by molar-refractivity contribution is 7.92. The van der Waals surface area contributed by atoms with Crippen LogP contribution >= 0.6 is 0 Å². The zero-order valence-electron chi connectivity index (χ0n) is 27.6. The molecule has 0 aliphatic rings. The van der Waals surface area contributed by atoms with E-state index in [9.17, 15) is 18.0 Å². The van der Waals surface area contributed by atoms with E-state index in [0.717, 1.165) is 33.8 Å². The van der Waals surface area contributed by atoms with Gasteiger partial charge in [0.2, 0.25) is 11.8 Å². The maximum Gasteiger partial charge on any atom is 0.264 e. The van der Waals surface area contributed by atoms with Crippen LogP contribution in [-0.4, -0.2) is 51.4 Å². The molecule has 0 aliphatic carbocycles. The molecule has 0 spiro atoms. The molecule has 0 aliphatic heterocycles. The van der Waals surface area contributed by atoms with Gasteiger partial charge in [-0.1, -0.05) is 100.0 Å². The molecule has 4 aromatic carbocycles. The number of hydrogen-bond donors (Lipinski definition) is 1. The molecule has 0 bridgehead atoms. The molecule has 0 unspecified atom stereocenters. The molecule has 1 atom stereocenters. The van der Waals surface area contributed by atoms with Crippen molar-refractivity contribution in [1.82, 2.24) is 10.2 Å². The van der Waals surface area contributed by atoms with Crippen molar-refractivity contribution in [3.8, 4) is 5.75 Å². The van der Waals surface area contributed by atoms with E-state index in [1.54, 1.807) is 37.4 Å². The number of nitrogens with zero attached hydrogens (tertiary/aromatic N) is 2. The molecule has 0 saturated carbocycles. The van der Waals surface area contributed by atoms with Crippen LogP contribution in [0.15, 0.2) is 114 Å². The van der Waals surface area contributed by atoms with E-state index in [1.165, 1.54) is 17.0 Å².